The lowest BCUT2D eigenvalue weighted by Crippen LogP contribution is -2.47. The summed E-state index contributed by atoms with van der Waals surface area (Å²) in [5, 5.41) is 0. The molecule has 0 aromatic carbocycles. The summed E-state index contributed by atoms with van der Waals surface area (Å²) in [6, 6.07) is 5.66. The van der Waals surface area contributed by atoms with Crippen molar-refractivity contribution >= 4 is 12.0 Å². The van der Waals surface area contributed by atoms with Gasteiger partial charge in [-0.15, -0.1) is 0 Å². The van der Waals surface area contributed by atoms with Crippen LogP contribution in [0.2, 0.25) is 0 Å². The van der Waals surface area contributed by atoms with E-state index < -0.39 is 5.60 Å². The lowest BCUT2D eigenvalue weighted by atomic mass is 9.97. The highest BCUT2D eigenvalue weighted by Gasteiger charge is 2.32. The fourth-order valence-electron chi connectivity index (χ4n) is 2.80. The van der Waals surface area contributed by atoms with Gasteiger partial charge < -0.3 is 14.5 Å². The van der Waals surface area contributed by atoms with Crippen molar-refractivity contribution in [2.45, 2.75) is 45.8 Å². The van der Waals surface area contributed by atoms with Crippen LogP contribution < -0.4 is 0 Å². The Labute approximate surface area is 143 Å². The van der Waals surface area contributed by atoms with Gasteiger partial charge in [-0.1, -0.05) is 6.07 Å². The number of ether oxygens (including phenoxy) is 1. The first-order valence-electron chi connectivity index (χ1n) is 8.39. The van der Waals surface area contributed by atoms with E-state index in [0.29, 0.717) is 19.6 Å². The van der Waals surface area contributed by atoms with Crippen LogP contribution >= 0.6 is 0 Å². The number of carbonyl (C=O) groups is 2. The molecular formula is C18H27N3O3. The summed E-state index contributed by atoms with van der Waals surface area (Å²) in [4.78, 5) is 32.5. The third-order valence-electron chi connectivity index (χ3n) is 3.92. The fraction of sp³-hybridized carbons (Fsp3) is 0.611. The Morgan fingerprint density at radius 2 is 2.12 bits per heavy atom. The number of aromatic nitrogens is 1. The number of piperidine rings is 1. The zero-order valence-electron chi connectivity index (χ0n) is 15.0. The molecule has 0 radical (unpaired) electrons. The van der Waals surface area contributed by atoms with Gasteiger partial charge in [-0.25, -0.2) is 4.79 Å². The number of carbonyl (C=O) groups excluding carboxylic acids is 2. The van der Waals surface area contributed by atoms with Gasteiger partial charge in [0.2, 0.25) is 5.91 Å². The van der Waals surface area contributed by atoms with Crippen LogP contribution in [0.15, 0.2) is 24.4 Å². The highest BCUT2D eigenvalue weighted by Crippen LogP contribution is 2.21. The number of hydrogen-bond donors (Lipinski definition) is 0. The van der Waals surface area contributed by atoms with E-state index in [2.05, 4.69) is 4.98 Å². The van der Waals surface area contributed by atoms with Crippen molar-refractivity contribution < 1.29 is 14.3 Å². The first-order chi connectivity index (χ1) is 11.3. The van der Waals surface area contributed by atoms with Crippen LogP contribution in [0.4, 0.5) is 4.79 Å². The third kappa shape index (κ3) is 5.22. The minimum atomic E-state index is -0.524. The number of hydrogen-bond acceptors (Lipinski definition) is 4. The molecule has 24 heavy (non-hydrogen) atoms. The molecule has 0 N–H and O–H groups in total. The summed E-state index contributed by atoms with van der Waals surface area (Å²) in [5.41, 5.74) is 0.331. The maximum atomic E-state index is 12.7. The van der Waals surface area contributed by atoms with E-state index in [1.54, 1.807) is 23.0 Å². The molecule has 0 aliphatic carbocycles. The molecule has 1 atom stereocenters. The second kappa shape index (κ2) is 7.64. The van der Waals surface area contributed by atoms with Crippen LogP contribution in [0, 0.1) is 5.92 Å². The molecule has 1 aliphatic heterocycles. The van der Waals surface area contributed by atoms with Crippen LogP contribution in [0.5, 0.6) is 0 Å². The van der Waals surface area contributed by atoms with E-state index in [1.807, 2.05) is 39.0 Å². The smallest absolute Gasteiger partial charge is 0.410 e. The van der Waals surface area contributed by atoms with Crippen molar-refractivity contribution in [3.8, 4) is 0 Å². The summed E-state index contributed by atoms with van der Waals surface area (Å²) in [5.74, 6) is -0.131. The summed E-state index contributed by atoms with van der Waals surface area (Å²) in [7, 11) is 1.78. The van der Waals surface area contributed by atoms with E-state index >= 15 is 0 Å². The van der Waals surface area contributed by atoms with E-state index in [0.717, 1.165) is 18.5 Å². The molecule has 1 aromatic heterocycles. The first-order valence-corrected chi connectivity index (χ1v) is 8.39. The summed E-state index contributed by atoms with van der Waals surface area (Å²) in [6.07, 6.45) is 2.99. The minimum Gasteiger partial charge on any atom is -0.444 e. The largest absolute Gasteiger partial charge is 0.444 e. The normalized spacial score (nSPS) is 18.2. The number of rotatable bonds is 3. The van der Waals surface area contributed by atoms with Gasteiger partial charge >= 0.3 is 6.09 Å². The predicted molar refractivity (Wildman–Crippen MR) is 91.2 cm³/mol. The lowest BCUT2D eigenvalue weighted by molar-refractivity contribution is -0.136. The van der Waals surface area contributed by atoms with E-state index in [9.17, 15) is 9.59 Å². The molecule has 132 valence electrons. The topological polar surface area (TPSA) is 62.7 Å². The Bertz CT molecular complexity index is 569. The van der Waals surface area contributed by atoms with Gasteiger partial charge in [0.1, 0.15) is 5.60 Å². The number of pyridine rings is 1. The summed E-state index contributed by atoms with van der Waals surface area (Å²) >= 11 is 0. The average molecular weight is 333 g/mol. The molecule has 6 heteroatoms. The molecule has 1 aromatic rings. The molecule has 2 rings (SSSR count). The predicted octanol–water partition coefficient (Wildman–Crippen LogP) is 2.69. The van der Waals surface area contributed by atoms with Crippen LogP contribution in [-0.4, -0.2) is 52.5 Å². The summed E-state index contributed by atoms with van der Waals surface area (Å²) in [6.45, 7) is 7.07. The highest BCUT2D eigenvalue weighted by atomic mass is 16.6. The van der Waals surface area contributed by atoms with Crippen LogP contribution in [0.1, 0.15) is 39.3 Å². The molecule has 1 aliphatic rings. The first kappa shape index (κ1) is 18.2. The average Bonchev–Trinajstić information content (AvgIpc) is 2.53. The molecule has 1 saturated heterocycles. The highest BCUT2D eigenvalue weighted by molar-refractivity contribution is 5.80. The standard InChI is InChI=1S/C18H27N3O3/c1-18(2,3)24-17(23)21-11-7-8-14(12-21)16(22)20(4)13-15-9-5-6-10-19-15/h5-6,9-10,14H,7-8,11-13H2,1-4H3/t14-/m1/s1. The molecular weight excluding hydrogens is 306 g/mol. The van der Waals surface area contributed by atoms with Crippen LogP contribution in [0.3, 0.4) is 0 Å². The molecule has 1 fully saturated rings. The van der Waals surface area contributed by atoms with Gasteiger partial charge in [-0.2, -0.15) is 0 Å². The Morgan fingerprint density at radius 1 is 1.38 bits per heavy atom. The Hall–Kier alpha value is -2.11. The maximum Gasteiger partial charge on any atom is 0.410 e. The second-order valence-corrected chi connectivity index (χ2v) is 7.28. The van der Waals surface area contributed by atoms with E-state index in [1.165, 1.54) is 0 Å². The Balaban J connectivity index is 1.93. The van der Waals surface area contributed by atoms with E-state index in [-0.39, 0.29) is 17.9 Å². The van der Waals surface area contributed by atoms with Gasteiger partial charge in [-0.3, -0.25) is 9.78 Å². The number of likely N-dealkylation sites (tertiary alicyclic amines) is 1. The molecule has 0 saturated carbocycles. The SMILES string of the molecule is CN(Cc1ccccn1)C(=O)[C@@H]1CCCN(C(=O)OC(C)(C)C)C1. The molecule has 0 unspecified atom stereocenters. The van der Waals surface area contributed by atoms with Crippen molar-refractivity contribution in [1.29, 1.82) is 0 Å². The maximum absolute atomic E-state index is 12.7. The Kier molecular flexibility index (Phi) is 5.80. The minimum absolute atomic E-state index is 0.0499. The van der Waals surface area contributed by atoms with Gasteiger partial charge in [0, 0.05) is 26.3 Å². The van der Waals surface area contributed by atoms with Gasteiger partial charge in [0.25, 0.3) is 0 Å². The van der Waals surface area contributed by atoms with Crippen molar-refractivity contribution in [3.63, 3.8) is 0 Å². The number of nitrogens with zero attached hydrogens (tertiary/aromatic N) is 3. The zero-order chi connectivity index (χ0) is 17.7. The van der Waals surface area contributed by atoms with Crippen LogP contribution in [-0.2, 0) is 16.1 Å². The van der Waals surface area contributed by atoms with Crippen molar-refractivity contribution in [3.05, 3.63) is 30.1 Å². The van der Waals surface area contributed by atoms with Gasteiger partial charge in [0.15, 0.2) is 0 Å². The molecule has 6 nitrogen and oxygen atoms in total. The molecule has 0 bridgehead atoms. The third-order valence-corrected chi connectivity index (χ3v) is 3.92. The van der Waals surface area contributed by atoms with Crippen molar-refractivity contribution in [1.82, 2.24) is 14.8 Å². The quantitative estimate of drug-likeness (QED) is 0.853. The monoisotopic (exact) mass is 333 g/mol. The zero-order valence-corrected chi connectivity index (χ0v) is 15.0. The second-order valence-electron chi connectivity index (χ2n) is 7.28. The van der Waals surface area contributed by atoms with Crippen molar-refractivity contribution in [2.75, 3.05) is 20.1 Å². The summed E-state index contributed by atoms with van der Waals surface area (Å²) < 4.78 is 5.41. The van der Waals surface area contributed by atoms with Crippen LogP contribution in [0.25, 0.3) is 0 Å². The van der Waals surface area contributed by atoms with Gasteiger partial charge in [-0.05, 0) is 45.7 Å². The molecule has 2 amide bonds. The van der Waals surface area contributed by atoms with Crippen molar-refractivity contribution in [2.24, 2.45) is 5.92 Å². The number of amides is 2. The molecule has 2 heterocycles. The molecule has 0 spiro atoms. The lowest BCUT2D eigenvalue weighted by Gasteiger charge is -2.35. The fourth-order valence-corrected chi connectivity index (χ4v) is 2.80. The Morgan fingerprint density at radius 3 is 2.75 bits per heavy atom. The van der Waals surface area contributed by atoms with E-state index in [4.69, 9.17) is 4.74 Å². The van der Waals surface area contributed by atoms with Gasteiger partial charge in [0.05, 0.1) is 18.2 Å².